The lowest BCUT2D eigenvalue weighted by molar-refractivity contribution is 0.628. The number of thiophene rings is 1. The molecule has 1 N–H and O–H groups in total. The zero-order chi connectivity index (χ0) is 12.3. The van der Waals surface area contributed by atoms with E-state index in [0.29, 0.717) is 0 Å². The maximum atomic E-state index is 13.0. The molecule has 1 nitrogen and oxygen atoms in total. The summed E-state index contributed by atoms with van der Waals surface area (Å²) >= 11 is 7.47. The number of hydrogen-bond donors (Lipinski definition) is 1. The summed E-state index contributed by atoms with van der Waals surface area (Å²) in [6, 6.07) is 9.08. The third-order valence-corrected chi connectivity index (χ3v) is 3.83. The fourth-order valence-corrected chi connectivity index (χ4v) is 2.69. The topological polar surface area (TPSA) is 12.0 Å². The highest BCUT2D eigenvalue weighted by Crippen LogP contribution is 2.28. The first-order chi connectivity index (χ1) is 8.20. The molecule has 1 aromatic heterocycles. The minimum absolute atomic E-state index is 0.149. The van der Waals surface area contributed by atoms with Crippen LogP contribution in [0.3, 0.4) is 0 Å². The third-order valence-electron chi connectivity index (χ3n) is 2.56. The van der Waals surface area contributed by atoms with Gasteiger partial charge in [0.1, 0.15) is 5.82 Å². The zero-order valence-corrected chi connectivity index (χ0v) is 11.0. The summed E-state index contributed by atoms with van der Waals surface area (Å²) in [5, 5.41) is 5.56. The quantitative estimate of drug-likeness (QED) is 0.814. The van der Waals surface area contributed by atoms with Crippen molar-refractivity contribution in [3.63, 3.8) is 0 Å². The average Bonchev–Trinajstić information content (AvgIpc) is 2.84. The first-order valence-electron chi connectivity index (χ1n) is 5.45. The molecule has 4 heteroatoms. The van der Waals surface area contributed by atoms with E-state index in [1.54, 1.807) is 23.5 Å². The van der Waals surface area contributed by atoms with Crippen molar-refractivity contribution in [2.45, 2.75) is 19.4 Å². The Balaban J connectivity index is 2.16. The lowest BCUT2D eigenvalue weighted by Crippen LogP contribution is -2.08. The van der Waals surface area contributed by atoms with Gasteiger partial charge in [-0.2, -0.15) is 0 Å². The number of benzene rings is 1. The van der Waals surface area contributed by atoms with Gasteiger partial charge in [-0.25, -0.2) is 4.39 Å². The summed E-state index contributed by atoms with van der Waals surface area (Å²) in [6.07, 6.45) is 0.968. The molecule has 0 aliphatic carbocycles. The van der Waals surface area contributed by atoms with Crippen LogP contribution in [0, 0.1) is 5.82 Å². The average molecular weight is 270 g/mol. The van der Waals surface area contributed by atoms with Gasteiger partial charge in [0.05, 0.1) is 11.1 Å². The molecule has 90 valence electrons. The molecule has 17 heavy (non-hydrogen) atoms. The van der Waals surface area contributed by atoms with Gasteiger partial charge >= 0.3 is 0 Å². The van der Waals surface area contributed by atoms with E-state index in [0.717, 1.165) is 12.1 Å². The third kappa shape index (κ3) is 2.99. The number of hydrogen-bond acceptors (Lipinski definition) is 2. The summed E-state index contributed by atoms with van der Waals surface area (Å²) in [6.45, 7) is 2.11. The second-order valence-corrected chi connectivity index (χ2v) is 5.14. The van der Waals surface area contributed by atoms with Crippen LogP contribution < -0.4 is 5.32 Å². The van der Waals surface area contributed by atoms with Gasteiger partial charge in [-0.15, -0.1) is 11.3 Å². The lowest BCUT2D eigenvalue weighted by Gasteiger charge is -2.17. The van der Waals surface area contributed by atoms with Crippen LogP contribution in [0.2, 0.25) is 5.02 Å². The van der Waals surface area contributed by atoms with Gasteiger partial charge in [-0.3, -0.25) is 0 Å². The van der Waals surface area contributed by atoms with Gasteiger partial charge in [0.15, 0.2) is 0 Å². The van der Waals surface area contributed by atoms with Crippen LogP contribution in [0.25, 0.3) is 0 Å². The summed E-state index contributed by atoms with van der Waals surface area (Å²) < 4.78 is 13.0. The van der Waals surface area contributed by atoms with E-state index in [9.17, 15) is 4.39 Å². The molecule has 2 aromatic rings. The molecule has 0 aliphatic heterocycles. The highest BCUT2D eigenvalue weighted by atomic mass is 35.5. The van der Waals surface area contributed by atoms with Crippen LogP contribution in [-0.2, 0) is 0 Å². The second-order valence-electron chi connectivity index (χ2n) is 3.75. The fraction of sp³-hybridized carbons (Fsp3) is 0.231. The highest BCUT2D eigenvalue weighted by Gasteiger charge is 2.10. The van der Waals surface area contributed by atoms with Crippen molar-refractivity contribution in [2.24, 2.45) is 0 Å². The minimum atomic E-state index is -0.388. The van der Waals surface area contributed by atoms with Crippen molar-refractivity contribution in [3.05, 3.63) is 51.4 Å². The van der Waals surface area contributed by atoms with Crippen molar-refractivity contribution in [2.75, 3.05) is 5.32 Å². The van der Waals surface area contributed by atoms with E-state index in [1.165, 1.54) is 10.9 Å². The molecular weight excluding hydrogens is 257 g/mol. The molecule has 0 aliphatic rings. The summed E-state index contributed by atoms with van der Waals surface area (Å²) in [7, 11) is 0. The zero-order valence-electron chi connectivity index (χ0n) is 9.41. The molecule has 0 saturated carbocycles. The SMILES string of the molecule is CCC(Nc1ccc(F)c(Cl)c1)c1cccs1. The molecule has 0 saturated heterocycles. The molecule has 1 aromatic carbocycles. The van der Waals surface area contributed by atoms with E-state index >= 15 is 0 Å². The Labute approximate surface area is 109 Å². The van der Waals surface area contributed by atoms with Crippen LogP contribution in [0.1, 0.15) is 24.3 Å². The Morgan fingerprint density at radius 3 is 2.82 bits per heavy atom. The van der Waals surface area contributed by atoms with E-state index in [-0.39, 0.29) is 16.9 Å². The lowest BCUT2D eigenvalue weighted by atomic mass is 10.1. The molecule has 1 heterocycles. The molecule has 1 unspecified atom stereocenters. The predicted molar refractivity (Wildman–Crippen MR) is 72.4 cm³/mol. The minimum Gasteiger partial charge on any atom is -0.377 e. The normalized spacial score (nSPS) is 12.4. The van der Waals surface area contributed by atoms with Crippen LogP contribution in [0.4, 0.5) is 10.1 Å². The summed E-state index contributed by atoms with van der Waals surface area (Å²) in [5.74, 6) is -0.388. The van der Waals surface area contributed by atoms with Gasteiger partial charge in [-0.1, -0.05) is 24.6 Å². The molecule has 0 bridgehead atoms. The van der Waals surface area contributed by atoms with Crippen molar-refractivity contribution in [3.8, 4) is 0 Å². The number of rotatable bonds is 4. The number of anilines is 1. The molecule has 0 spiro atoms. The van der Waals surface area contributed by atoms with Gasteiger partial charge in [-0.05, 0) is 36.1 Å². The Kier molecular flexibility index (Phi) is 4.02. The molecular formula is C13H13ClFNS. The predicted octanol–water partition coefficient (Wildman–Crippen LogP) is 5.10. The standard InChI is InChI=1S/C13H13ClFNS/c1-2-12(13-4-3-7-17-13)16-9-5-6-11(15)10(14)8-9/h3-8,12,16H,2H2,1H3. The monoisotopic (exact) mass is 269 g/mol. The Bertz CT molecular complexity index is 484. The number of nitrogens with one attached hydrogen (secondary N) is 1. The smallest absolute Gasteiger partial charge is 0.141 e. The number of halogens is 2. The van der Waals surface area contributed by atoms with E-state index in [4.69, 9.17) is 11.6 Å². The Morgan fingerprint density at radius 2 is 2.24 bits per heavy atom. The second kappa shape index (κ2) is 5.52. The van der Waals surface area contributed by atoms with Crippen LogP contribution in [0.15, 0.2) is 35.7 Å². The molecule has 1 atom stereocenters. The Morgan fingerprint density at radius 1 is 1.41 bits per heavy atom. The molecule has 0 amide bonds. The van der Waals surface area contributed by atoms with Crippen LogP contribution in [0.5, 0.6) is 0 Å². The largest absolute Gasteiger partial charge is 0.377 e. The summed E-state index contributed by atoms with van der Waals surface area (Å²) in [5.41, 5.74) is 0.844. The van der Waals surface area contributed by atoms with E-state index < -0.39 is 0 Å². The fourth-order valence-electron chi connectivity index (χ4n) is 1.65. The van der Waals surface area contributed by atoms with Crippen molar-refractivity contribution in [1.29, 1.82) is 0 Å². The van der Waals surface area contributed by atoms with Gasteiger partial charge in [0, 0.05) is 10.6 Å². The van der Waals surface area contributed by atoms with Gasteiger partial charge in [0.2, 0.25) is 0 Å². The molecule has 0 radical (unpaired) electrons. The molecule has 2 rings (SSSR count). The van der Waals surface area contributed by atoms with Crippen molar-refractivity contribution in [1.82, 2.24) is 0 Å². The van der Waals surface area contributed by atoms with E-state index in [2.05, 4.69) is 23.7 Å². The highest BCUT2D eigenvalue weighted by molar-refractivity contribution is 7.10. The summed E-state index contributed by atoms with van der Waals surface area (Å²) in [4.78, 5) is 1.27. The van der Waals surface area contributed by atoms with Gasteiger partial charge < -0.3 is 5.32 Å². The first kappa shape index (κ1) is 12.4. The Hall–Kier alpha value is -1.06. The first-order valence-corrected chi connectivity index (χ1v) is 6.71. The maximum Gasteiger partial charge on any atom is 0.141 e. The van der Waals surface area contributed by atoms with E-state index in [1.807, 2.05) is 6.07 Å². The van der Waals surface area contributed by atoms with Crippen LogP contribution in [-0.4, -0.2) is 0 Å². The van der Waals surface area contributed by atoms with Crippen molar-refractivity contribution >= 4 is 28.6 Å². The maximum absolute atomic E-state index is 13.0. The molecule has 0 fully saturated rings. The van der Waals surface area contributed by atoms with Crippen LogP contribution >= 0.6 is 22.9 Å². The van der Waals surface area contributed by atoms with Crippen molar-refractivity contribution < 1.29 is 4.39 Å². The van der Waals surface area contributed by atoms with Gasteiger partial charge in [0.25, 0.3) is 0 Å².